The zero-order valence-electron chi connectivity index (χ0n) is 9.67. The summed E-state index contributed by atoms with van der Waals surface area (Å²) in [5.74, 6) is 0.811. The molecular formula is C10H15N7. The predicted molar refractivity (Wildman–Crippen MR) is 62.7 cm³/mol. The van der Waals surface area contributed by atoms with Gasteiger partial charge < -0.3 is 10.6 Å². The van der Waals surface area contributed by atoms with E-state index in [0.29, 0.717) is 17.7 Å². The van der Waals surface area contributed by atoms with Gasteiger partial charge in [-0.25, -0.2) is 0 Å². The second kappa shape index (κ2) is 4.25. The number of anilines is 1. The standard InChI is InChI=1S/C10H15N7/c1-7-8(3-2-6-11-7)12-9-4-5-10-13-15-16-17(10)14-9/h4-5,7-8,11H,2-3,6H2,1H3,(H,12,14). The molecule has 90 valence electrons. The molecule has 0 spiro atoms. The molecule has 1 saturated heterocycles. The molecule has 0 radical (unpaired) electrons. The van der Waals surface area contributed by atoms with E-state index >= 15 is 0 Å². The van der Waals surface area contributed by atoms with E-state index in [1.165, 1.54) is 11.1 Å². The predicted octanol–water partition coefficient (Wildman–Crippen LogP) is 0.0717. The van der Waals surface area contributed by atoms with E-state index in [1.54, 1.807) is 0 Å². The Balaban J connectivity index is 1.79. The molecule has 3 rings (SSSR count). The maximum atomic E-state index is 4.31. The highest BCUT2D eigenvalue weighted by Crippen LogP contribution is 2.14. The minimum atomic E-state index is 0.408. The molecule has 7 heteroatoms. The maximum absolute atomic E-state index is 4.31. The minimum absolute atomic E-state index is 0.408. The molecule has 2 unspecified atom stereocenters. The molecular weight excluding hydrogens is 218 g/mol. The molecule has 2 N–H and O–H groups in total. The molecule has 0 amide bonds. The van der Waals surface area contributed by atoms with E-state index in [2.05, 4.69) is 38.2 Å². The summed E-state index contributed by atoms with van der Waals surface area (Å²) in [6.07, 6.45) is 2.35. The molecule has 1 aliphatic rings. The third-order valence-electron chi connectivity index (χ3n) is 3.16. The molecule has 0 aliphatic carbocycles. The van der Waals surface area contributed by atoms with Crippen LogP contribution in [0.5, 0.6) is 0 Å². The molecule has 17 heavy (non-hydrogen) atoms. The fourth-order valence-electron chi connectivity index (χ4n) is 2.16. The molecule has 7 nitrogen and oxygen atoms in total. The van der Waals surface area contributed by atoms with Crippen LogP contribution in [0.1, 0.15) is 19.8 Å². The van der Waals surface area contributed by atoms with Gasteiger partial charge in [0, 0.05) is 12.1 Å². The summed E-state index contributed by atoms with van der Waals surface area (Å²) in [4.78, 5) is 0. The molecule has 2 aromatic rings. The van der Waals surface area contributed by atoms with Gasteiger partial charge in [-0.1, -0.05) is 0 Å². The van der Waals surface area contributed by atoms with Crippen LogP contribution in [-0.2, 0) is 0 Å². The Bertz CT molecular complexity index is 508. The van der Waals surface area contributed by atoms with Crippen LogP contribution in [0, 0.1) is 0 Å². The number of hydrogen-bond acceptors (Lipinski definition) is 6. The van der Waals surface area contributed by atoms with Gasteiger partial charge in [0.15, 0.2) is 5.65 Å². The van der Waals surface area contributed by atoms with Gasteiger partial charge in [0.25, 0.3) is 0 Å². The normalized spacial score (nSPS) is 25.0. The van der Waals surface area contributed by atoms with E-state index in [0.717, 1.165) is 18.8 Å². The molecule has 0 aromatic carbocycles. The van der Waals surface area contributed by atoms with Crippen molar-refractivity contribution in [3.63, 3.8) is 0 Å². The summed E-state index contributed by atoms with van der Waals surface area (Å²) in [6, 6.07) is 4.63. The van der Waals surface area contributed by atoms with E-state index < -0.39 is 0 Å². The van der Waals surface area contributed by atoms with E-state index in [9.17, 15) is 0 Å². The van der Waals surface area contributed by atoms with Crippen LogP contribution in [0.2, 0.25) is 0 Å². The Hall–Kier alpha value is -1.76. The first-order valence-corrected chi connectivity index (χ1v) is 5.88. The zero-order valence-corrected chi connectivity index (χ0v) is 9.67. The van der Waals surface area contributed by atoms with Crippen molar-refractivity contribution in [1.29, 1.82) is 0 Å². The van der Waals surface area contributed by atoms with Crippen LogP contribution in [0.4, 0.5) is 5.82 Å². The lowest BCUT2D eigenvalue weighted by molar-refractivity contribution is 0.388. The first kappa shape index (κ1) is 10.4. The van der Waals surface area contributed by atoms with Crippen LogP contribution in [0.25, 0.3) is 5.65 Å². The molecule has 0 bridgehead atoms. The molecule has 2 atom stereocenters. The van der Waals surface area contributed by atoms with Crippen molar-refractivity contribution in [2.75, 3.05) is 11.9 Å². The number of hydrogen-bond donors (Lipinski definition) is 2. The summed E-state index contributed by atoms with van der Waals surface area (Å²) in [5.41, 5.74) is 0.658. The van der Waals surface area contributed by atoms with Crippen molar-refractivity contribution in [2.45, 2.75) is 31.8 Å². The number of tetrazole rings is 1. The first-order valence-electron chi connectivity index (χ1n) is 5.88. The molecule has 1 aliphatic heterocycles. The number of fused-ring (bicyclic) bond motifs is 1. The number of nitrogens with zero attached hydrogens (tertiary/aromatic N) is 5. The number of aromatic nitrogens is 5. The highest BCUT2D eigenvalue weighted by atomic mass is 15.6. The van der Waals surface area contributed by atoms with E-state index in [1.807, 2.05) is 12.1 Å². The Kier molecular flexibility index (Phi) is 2.60. The third kappa shape index (κ3) is 2.05. The van der Waals surface area contributed by atoms with Gasteiger partial charge in [0.1, 0.15) is 5.82 Å². The Labute approximate surface area is 98.6 Å². The maximum Gasteiger partial charge on any atom is 0.200 e. The average Bonchev–Trinajstić information content (AvgIpc) is 2.79. The first-order chi connectivity index (χ1) is 8.33. The number of rotatable bonds is 2. The zero-order chi connectivity index (χ0) is 11.7. The van der Waals surface area contributed by atoms with Gasteiger partial charge in [-0.2, -0.15) is 0 Å². The molecule has 3 heterocycles. The number of piperidine rings is 1. The lowest BCUT2D eigenvalue weighted by Crippen LogP contribution is -2.46. The van der Waals surface area contributed by atoms with Gasteiger partial charge in [-0.3, -0.25) is 0 Å². The third-order valence-corrected chi connectivity index (χ3v) is 3.16. The summed E-state index contributed by atoms with van der Waals surface area (Å²) in [5, 5.41) is 22.3. The fourth-order valence-corrected chi connectivity index (χ4v) is 2.16. The van der Waals surface area contributed by atoms with E-state index in [4.69, 9.17) is 0 Å². The molecule has 0 saturated carbocycles. The summed E-state index contributed by atoms with van der Waals surface area (Å²) >= 11 is 0. The van der Waals surface area contributed by atoms with Crippen molar-refractivity contribution in [3.05, 3.63) is 12.1 Å². The summed E-state index contributed by atoms with van der Waals surface area (Å²) < 4.78 is 1.43. The van der Waals surface area contributed by atoms with Crippen molar-refractivity contribution in [3.8, 4) is 0 Å². The van der Waals surface area contributed by atoms with Crippen molar-refractivity contribution >= 4 is 11.5 Å². The largest absolute Gasteiger partial charge is 0.364 e. The van der Waals surface area contributed by atoms with Gasteiger partial charge in [-0.15, -0.1) is 14.8 Å². The minimum Gasteiger partial charge on any atom is -0.364 e. The Morgan fingerprint density at radius 3 is 3.29 bits per heavy atom. The van der Waals surface area contributed by atoms with Crippen LogP contribution in [0.15, 0.2) is 12.1 Å². The van der Waals surface area contributed by atoms with Crippen LogP contribution >= 0.6 is 0 Å². The highest BCUT2D eigenvalue weighted by Gasteiger charge is 2.20. The van der Waals surface area contributed by atoms with Crippen molar-refractivity contribution in [1.82, 2.24) is 30.6 Å². The topological polar surface area (TPSA) is 80.0 Å². The Morgan fingerprint density at radius 2 is 2.41 bits per heavy atom. The van der Waals surface area contributed by atoms with Gasteiger partial charge >= 0.3 is 0 Å². The van der Waals surface area contributed by atoms with Gasteiger partial charge in [0.05, 0.1) is 0 Å². The fraction of sp³-hybridized carbons (Fsp3) is 0.600. The Morgan fingerprint density at radius 1 is 1.47 bits per heavy atom. The van der Waals surface area contributed by atoms with E-state index in [-0.39, 0.29) is 0 Å². The summed E-state index contributed by atoms with van der Waals surface area (Å²) in [7, 11) is 0. The second-order valence-electron chi connectivity index (χ2n) is 4.38. The molecule has 1 fully saturated rings. The summed E-state index contributed by atoms with van der Waals surface area (Å²) in [6.45, 7) is 3.28. The highest BCUT2D eigenvalue weighted by molar-refractivity contribution is 5.42. The molecule has 2 aromatic heterocycles. The van der Waals surface area contributed by atoms with Gasteiger partial charge in [-0.05, 0) is 48.9 Å². The quantitative estimate of drug-likeness (QED) is 0.764. The van der Waals surface area contributed by atoms with Crippen LogP contribution in [-0.4, -0.2) is 43.9 Å². The van der Waals surface area contributed by atoms with Gasteiger partial charge in [0.2, 0.25) is 0 Å². The second-order valence-corrected chi connectivity index (χ2v) is 4.38. The monoisotopic (exact) mass is 233 g/mol. The average molecular weight is 233 g/mol. The SMILES string of the molecule is CC1NCCCC1Nc1ccc2nnnn2n1. The smallest absolute Gasteiger partial charge is 0.200 e. The van der Waals surface area contributed by atoms with Crippen molar-refractivity contribution < 1.29 is 0 Å². The van der Waals surface area contributed by atoms with Crippen LogP contribution < -0.4 is 10.6 Å². The lowest BCUT2D eigenvalue weighted by Gasteiger charge is -2.30. The number of nitrogens with one attached hydrogen (secondary N) is 2. The van der Waals surface area contributed by atoms with Crippen molar-refractivity contribution in [2.24, 2.45) is 0 Å². The lowest BCUT2D eigenvalue weighted by atomic mass is 10.00. The van der Waals surface area contributed by atoms with Crippen LogP contribution in [0.3, 0.4) is 0 Å².